The number of amides is 3. The Balaban J connectivity index is 1.16. The van der Waals surface area contributed by atoms with Crippen molar-refractivity contribution in [2.75, 3.05) is 30.4 Å². The number of pyridine rings is 1. The van der Waals surface area contributed by atoms with Crippen molar-refractivity contribution >= 4 is 35.1 Å². The van der Waals surface area contributed by atoms with Crippen LogP contribution in [-0.2, 0) is 37.4 Å². The summed E-state index contributed by atoms with van der Waals surface area (Å²) in [5.74, 6) is 0.977. The van der Waals surface area contributed by atoms with Crippen LogP contribution in [0.15, 0.2) is 41.5 Å². The molecule has 1 aromatic heterocycles. The monoisotopic (exact) mass is 515 g/mol. The number of aromatic nitrogens is 1. The third-order valence-electron chi connectivity index (χ3n) is 8.39. The number of anilines is 2. The van der Waals surface area contributed by atoms with E-state index in [9.17, 15) is 14.4 Å². The molecule has 1 aliphatic carbocycles. The fraction of sp³-hybridized carbons (Fsp3) is 0.483. The molecule has 6 rings (SSSR count). The van der Waals surface area contributed by atoms with Crippen LogP contribution >= 0.6 is 0 Å². The third kappa shape index (κ3) is 4.09. The molecule has 4 aliphatic rings. The van der Waals surface area contributed by atoms with Gasteiger partial charge in [-0.3, -0.25) is 24.3 Å². The Bertz CT molecular complexity index is 1330. The second-order valence-corrected chi connectivity index (χ2v) is 10.8. The van der Waals surface area contributed by atoms with Crippen molar-refractivity contribution in [2.45, 2.75) is 69.2 Å². The highest BCUT2D eigenvalue weighted by atomic mass is 16.5. The molecule has 2 aromatic rings. The number of ether oxygens (including phenoxy) is 1. The van der Waals surface area contributed by atoms with Gasteiger partial charge in [0.1, 0.15) is 23.7 Å². The van der Waals surface area contributed by atoms with Crippen LogP contribution in [0.5, 0.6) is 0 Å². The average molecular weight is 516 g/mol. The van der Waals surface area contributed by atoms with Crippen LogP contribution in [-0.4, -0.2) is 58.7 Å². The number of rotatable bonds is 7. The molecule has 38 heavy (non-hydrogen) atoms. The van der Waals surface area contributed by atoms with Crippen molar-refractivity contribution in [2.24, 2.45) is 4.99 Å². The number of carbonyl (C=O) groups is 3. The Morgan fingerprint density at radius 1 is 1.13 bits per heavy atom. The summed E-state index contributed by atoms with van der Waals surface area (Å²) in [4.78, 5) is 50.4. The molecule has 1 saturated heterocycles. The van der Waals surface area contributed by atoms with E-state index in [1.807, 2.05) is 30.3 Å². The van der Waals surface area contributed by atoms with Gasteiger partial charge in [0.15, 0.2) is 0 Å². The Morgan fingerprint density at radius 2 is 1.95 bits per heavy atom. The van der Waals surface area contributed by atoms with Gasteiger partial charge in [-0.1, -0.05) is 31.9 Å². The second kappa shape index (κ2) is 9.62. The van der Waals surface area contributed by atoms with Gasteiger partial charge in [-0.25, -0.2) is 4.98 Å². The Hall–Kier alpha value is -3.59. The molecular weight excluding hydrogens is 482 g/mol. The van der Waals surface area contributed by atoms with E-state index in [2.05, 4.69) is 22.5 Å². The predicted octanol–water partition coefficient (Wildman–Crippen LogP) is 3.38. The van der Waals surface area contributed by atoms with Crippen LogP contribution < -0.4 is 10.6 Å². The van der Waals surface area contributed by atoms with E-state index in [-0.39, 0.29) is 24.3 Å². The normalized spacial score (nSPS) is 23.0. The molecule has 9 heteroatoms. The van der Waals surface area contributed by atoms with Gasteiger partial charge in [-0.2, -0.15) is 0 Å². The summed E-state index contributed by atoms with van der Waals surface area (Å²) in [7, 11) is 0. The summed E-state index contributed by atoms with van der Waals surface area (Å²) in [6.45, 7) is 3.09. The fourth-order valence-electron chi connectivity index (χ4n) is 6.33. The Kier molecular flexibility index (Phi) is 6.26. The van der Waals surface area contributed by atoms with E-state index in [0.717, 1.165) is 41.8 Å². The van der Waals surface area contributed by atoms with Gasteiger partial charge in [0.25, 0.3) is 5.91 Å². The lowest BCUT2D eigenvalue weighted by atomic mass is 9.79. The van der Waals surface area contributed by atoms with Gasteiger partial charge in [-0.15, -0.1) is 0 Å². The molecule has 2 spiro atoms. The van der Waals surface area contributed by atoms with Crippen molar-refractivity contribution in [3.8, 4) is 0 Å². The van der Waals surface area contributed by atoms with Crippen LogP contribution in [0, 0.1) is 0 Å². The molecule has 0 saturated carbocycles. The van der Waals surface area contributed by atoms with E-state index >= 15 is 0 Å². The van der Waals surface area contributed by atoms with Crippen LogP contribution in [0.4, 0.5) is 11.5 Å². The maximum Gasteiger partial charge on any atom is 0.256 e. The van der Waals surface area contributed by atoms with Gasteiger partial charge in [0.2, 0.25) is 11.8 Å². The highest BCUT2D eigenvalue weighted by Gasteiger charge is 2.51. The van der Waals surface area contributed by atoms with Gasteiger partial charge in [0, 0.05) is 49.9 Å². The Labute approximate surface area is 222 Å². The van der Waals surface area contributed by atoms with Crippen molar-refractivity contribution in [3.63, 3.8) is 0 Å². The molecular formula is C29H33N5O4. The quantitative estimate of drug-likeness (QED) is 0.549. The lowest BCUT2D eigenvalue weighted by Gasteiger charge is -2.29. The number of nitrogens with one attached hydrogen (secondary N) is 2. The van der Waals surface area contributed by atoms with Gasteiger partial charge < -0.3 is 15.4 Å². The number of unbranched alkanes of at least 4 members (excludes halogenated alkanes) is 2. The minimum Gasteiger partial charge on any atom is -0.381 e. The van der Waals surface area contributed by atoms with E-state index < -0.39 is 11.0 Å². The van der Waals surface area contributed by atoms with Crippen molar-refractivity contribution in [1.82, 2.24) is 9.88 Å². The molecule has 3 amide bonds. The molecule has 0 radical (unpaired) electrons. The molecule has 1 unspecified atom stereocenters. The number of hydrogen-bond donors (Lipinski definition) is 2. The summed E-state index contributed by atoms with van der Waals surface area (Å²) in [6.07, 6.45) is 7.71. The summed E-state index contributed by atoms with van der Waals surface area (Å²) >= 11 is 0. The minimum atomic E-state index is -0.783. The lowest BCUT2D eigenvalue weighted by molar-refractivity contribution is -0.136. The maximum atomic E-state index is 13.5. The fourth-order valence-corrected chi connectivity index (χ4v) is 6.33. The molecule has 3 aliphatic heterocycles. The first-order chi connectivity index (χ1) is 18.4. The number of aliphatic imine (C=N–C) groups is 1. The number of nitrogens with zero attached hydrogens (tertiary/aromatic N) is 3. The first-order valence-electron chi connectivity index (χ1n) is 13.6. The van der Waals surface area contributed by atoms with Gasteiger partial charge in [0.05, 0.1) is 5.41 Å². The lowest BCUT2D eigenvalue weighted by Crippen LogP contribution is -2.48. The van der Waals surface area contributed by atoms with Crippen molar-refractivity contribution in [3.05, 3.63) is 53.2 Å². The first kappa shape index (κ1) is 24.7. The summed E-state index contributed by atoms with van der Waals surface area (Å²) in [5.41, 5.74) is 2.28. The molecule has 1 aromatic carbocycles. The van der Waals surface area contributed by atoms with Crippen LogP contribution in [0.25, 0.3) is 0 Å². The van der Waals surface area contributed by atoms with Crippen LogP contribution in [0.3, 0.4) is 0 Å². The predicted molar refractivity (Wildman–Crippen MR) is 143 cm³/mol. The van der Waals surface area contributed by atoms with E-state index in [1.165, 1.54) is 0 Å². The molecule has 4 heterocycles. The number of fused-ring (bicyclic) bond motifs is 3. The van der Waals surface area contributed by atoms with Crippen LogP contribution in [0.2, 0.25) is 0 Å². The smallest absolute Gasteiger partial charge is 0.256 e. The zero-order chi connectivity index (χ0) is 26.3. The van der Waals surface area contributed by atoms with Crippen molar-refractivity contribution < 1.29 is 19.1 Å². The highest BCUT2D eigenvalue weighted by molar-refractivity contribution is 6.11. The molecule has 9 nitrogen and oxygen atoms in total. The Morgan fingerprint density at radius 3 is 2.76 bits per heavy atom. The second-order valence-electron chi connectivity index (χ2n) is 10.8. The summed E-state index contributed by atoms with van der Waals surface area (Å²) in [6, 6.07) is 9.63. The molecule has 1 fully saturated rings. The van der Waals surface area contributed by atoms with E-state index in [0.29, 0.717) is 56.8 Å². The number of hydrogen-bond acceptors (Lipinski definition) is 6. The standard InChI is InChI=1S/C29H33N5O4/c1-2-3-4-7-23-33-29(10-13-38-14-11-29)27(37)34(23)18-24(35)31-21-9-8-19-16-28(17-20(19)15-21)22-6-5-12-30-25(22)32-26(28)36/h5-6,8-9,12,15H,2-4,7,10-11,13-14,16-18H2,1H3,(H,31,35)(H,30,32,36). The summed E-state index contributed by atoms with van der Waals surface area (Å²) in [5, 5.41) is 5.91. The zero-order valence-electron chi connectivity index (χ0n) is 21.7. The molecule has 2 N–H and O–H groups in total. The largest absolute Gasteiger partial charge is 0.381 e. The SMILES string of the molecule is CCCCCC1=NC2(CCOCC2)C(=O)N1CC(=O)Nc1ccc2c(c1)CC1(C2)C(=O)Nc2ncccc21. The van der Waals surface area contributed by atoms with Gasteiger partial charge >= 0.3 is 0 Å². The topological polar surface area (TPSA) is 113 Å². The number of carbonyl (C=O) groups excluding carboxylic acids is 3. The third-order valence-corrected chi connectivity index (χ3v) is 8.39. The highest BCUT2D eigenvalue weighted by Crippen LogP contribution is 2.47. The first-order valence-corrected chi connectivity index (χ1v) is 13.6. The number of amidine groups is 1. The van der Waals surface area contributed by atoms with Gasteiger partial charge in [-0.05, 0) is 48.6 Å². The summed E-state index contributed by atoms with van der Waals surface area (Å²) < 4.78 is 5.48. The van der Waals surface area contributed by atoms with E-state index in [4.69, 9.17) is 9.73 Å². The maximum absolute atomic E-state index is 13.5. The minimum absolute atomic E-state index is 0.0301. The zero-order valence-corrected chi connectivity index (χ0v) is 21.7. The molecule has 1 atom stereocenters. The average Bonchev–Trinajstić information content (AvgIpc) is 3.51. The molecule has 198 valence electrons. The van der Waals surface area contributed by atoms with E-state index in [1.54, 1.807) is 11.1 Å². The van der Waals surface area contributed by atoms with Crippen molar-refractivity contribution in [1.29, 1.82) is 0 Å². The molecule has 0 bridgehead atoms. The van der Waals surface area contributed by atoms with Crippen LogP contribution in [0.1, 0.15) is 62.1 Å². The number of benzene rings is 1.